The predicted molar refractivity (Wildman–Crippen MR) is 163 cm³/mol. The summed E-state index contributed by atoms with van der Waals surface area (Å²) < 4.78 is 6.14. The number of halogens is 1. The smallest absolute Gasteiger partial charge is 0.274 e. The number of hydrogen-bond acceptors (Lipinski definition) is 8. The van der Waals surface area contributed by atoms with Crippen molar-refractivity contribution in [3.8, 4) is 27.6 Å². The number of ether oxygens (including phenoxy) is 1. The van der Waals surface area contributed by atoms with E-state index in [0.29, 0.717) is 23.7 Å². The molecule has 10 heteroatoms. The zero-order valence-electron chi connectivity index (χ0n) is 21.7. The maximum Gasteiger partial charge on any atom is 0.274 e. The molecule has 8 nitrogen and oxygen atoms in total. The third kappa shape index (κ3) is 6.46. The number of nitrogens with one attached hydrogen (secondary N) is 2. The van der Waals surface area contributed by atoms with Crippen LogP contribution in [0.25, 0.3) is 32.2 Å². The van der Waals surface area contributed by atoms with E-state index >= 15 is 0 Å². The van der Waals surface area contributed by atoms with Gasteiger partial charge in [-0.15, -0.1) is 12.4 Å². The molecule has 204 valence electrons. The number of amides is 1. The number of piperazine rings is 1. The fraction of sp³-hybridized carbons (Fsp3) is 0.200. The van der Waals surface area contributed by atoms with Gasteiger partial charge in [0, 0.05) is 62.2 Å². The summed E-state index contributed by atoms with van der Waals surface area (Å²) in [7, 11) is 0. The zero-order valence-corrected chi connectivity index (χ0v) is 23.4. The lowest BCUT2D eigenvalue weighted by Crippen LogP contribution is -2.44. The molecule has 0 radical (unpaired) electrons. The SMILES string of the molecule is Cl.O=C(Nc1ccccc1-c1nc2cccnc2s1)c1cc(OCCN2CCNCC2)cc(-c2ccccc2)n1. The van der Waals surface area contributed by atoms with E-state index in [4.69, 9.17) is 14.7 Å². The predicted octanol–water partition coefficient (Wildman–Crippen LogP) is 5.38. The zero-order chi connectivity index (χ0) is 26.4. The topological polar surface area (TPSA) is 92.3 Å². The minimum atomic E-state index is -0.313. The van der Waals surface area contributed by atoms with Crippen molar-refractivity contribution in [2.45, 2.75) is 0 Å². The summed E-state index contributed by atoms with van der Waals surface area (Å²) in [5, 5.41) is 7.22. The first kappa shape index (κ1) is 27.7. The van der Waals surface area contributed by atoms with Gasteiger partial charge in [-0.1, -0.05) is 53.8 Å². The molecule has 5 aromatic rings. The summed E-state index contributed by atoms with van der Waals surface area (Å²) in [5.74, 6) is 0.307. The summed E-state index contributed by atoms with van der Waals surface area (Å²) in [5.41, 5.74) is 4.22. The van der Waals surface area contributed by atoms with Crippen LogP contribution in [0.2, 0.25) is 0 Å². The normalized spacial score (nSPS) is 13.5. The third-order valence-corrected chi connectivity index (χ3v) is 7.57. The number of fused-ring (bicyclic) bond motifs is 1. The minimum Gasteiger partial charge on any atom is -0.492 e. The van der Waals surface area contributed by atoms with E-state index in [-0.39, 0.29) is 24.0 Å². The summed E-state index contributed by atoms with van der Waals surface area (Å²) in [4.78, 5) is 30.6. The molecule has 6 rings (SSSR count). The molecule has 2 N–H and O–H groups in total. The van der Waals surface area contributed by atoms with E-state index in [2.05, 4.69) is 20.5 Å². The Hall–Kier alpha value is -3.89. The average molecular weight is 573 g/mol. The molecular weight excluding hydrogens is 544 g/mol. The van der Waals surface area contributed by atoms with E-state index < -0.39 is 0 Å². The first-order chi connectivity index (χ1) is 19.2. The van der Waals surface area contributed by atoms with E-state index in [0.717, 1.165) is 59.2 Å². The first-order valence-electron chi connectivity index (χ1n) is 13.0. The second-order valence-corrected chi connectivity index (χ2v) is 10.2. The molecule has 0 bridgehead atoms. The molecule has 1 fully saturated rings. The Labute approximate surface area is 242 Å². The Kier molecular flexibility index (Phi) is 8.98. The number of para-hydroxylation sites is 1. The molecule has 2 aromatic carbocycles. The van der Waals surface area contributed by atoms with Gasteiger partial charge in [-0.3, -0.25) is 9.69 Å². The van der Waals surface area contributed by atoms with Crippen molar-refractivity contribution >= 4 is 45.7 Å². The highest BCUT2D eigenvalue weighted by Crippen LogP contribution is 2.34. The fourth-order valence-electron chi connectivity index (χ4n) is 4.54. The molecular formula is C30H29ClN6O2S. The summed E-state index contributed by atoms with van der Waals surface area (Å²) >= 11 is 1.49. The van der Waals surface area contributed by atoms with Crippen molar-refractivity contribution < 1.29 is 9.53 Å². The number of aromatic nitrogens is 3. The van der Waals surface area contributed by atoms with E-state index in [9.17, 15) is 4.79 Å². The number of pyridine rings is 2. The van der Waals surface area contributed by atoms with Gasteiger partial charge >= 0.3 is 0 Å². The minimum absolute atomic E-state index is 0. The lowest BCUT2D eigenvalue weighted by atomic mass is 10.1. The van der Waals surface area contributed by atoms with Crippen LogP contribution in [0.4, 0.5) is 5.69 Å². The van der Waals surface area contributed by atoms with Gasteiger partial charge < -0.3 is 15.4 Å². The number of anilines is 1. The second-order valence-electron chi connectivity index (χ2n) is 9.23. The van der Waals surface area contributed by atoms with Gasteiger partial charge in [0.2, 0.25) is 0 Å². The van der Waals surface area contributed by atoms with Gasteiger partial charge in [-0.05, 0) is 24.3 Å². The number of hydrogen-bond donors (Lipinski definition) is 2. The number of carbonyl (C=O) groups excluding carboxylic acids is 1. The van der Waals surface area contributed by atoms with Crippen LogP contribution in [0.15, 0.2) is 85.1 Å². The Morgan fingerprint density at radius 1 is 0.975 bits per heavy atom. The molecule has 0 saturated carbocycles. The molecule has 0 aliphatic carbocycles. The molecule has 0 atom stereocenters. The Bertz CT molecular complexity index is 1560. The average Bonchev–Trinajstić information content (AvgIpc) is 3.43. The molecule has 1 aliphatic heterocycles. The monoisotopic (exact) mass is 572 g/mol. The maximum absolute atomic E-state index is 13.6. The molecule has 0 unspecified atom stereocenters. The summed E-state index contributed by atoms with van der Waals surface area (Å²) in [6.07, 6.45) is 1.76. The van der Waals surface area contributed by atoms with Crippen LogP contribution in [0, 0.1) is 0 Å². The Balaban J connectivity index is 0.00000323. The van der Waals surface area contributed by atoms with Crippen molar-refractivity contribution in [1.82, 2.24) is 25.2 Å². The Morgan fingerprint density at radius 2 is 1.77 bits per heavy atom. The van der Waals surface area contributed by atoms with E-state index in [1.165, 1.54) is 11.3 Å². The highest BCUT2D eigenvalue weighted by molar-refractivity contribution is 7.21. The van der Waals surface area contributed by atoms with E-state index in [1.54, 1.807) is 12.3 Å². The molecule has 1 amide bonds. The van der Waals surface area contributed by atoms with Gasteiger partial charge in [0.15, 0.2) is 0 Å². The largest absolute Gasteiger partial charge is 0.492 e. The van der Waals surface area contributed by atoms with Crippen LogP contribution in [0.1, 0.15) is 10.5 Å². The molecule has 1 saturated heterocycles. The lowest BCUT2D eigenvalue weighted by molar-refractivity contribution is 0.102. The van der Waals surface area contributed by atoms with Crippen LogP contribution < -0.4 is 15.4 Å². The van der Waals surface area contributed by atoms with Gasteiger partial charge in [0.1, 0.15) is 33.4 Å². The van der Waals surface area contributed by atoms with Crippen LogP contribution >= 0.6 is 23.7 Å². The highest BCUT2D eigenvalue weighted by atomic mass is 35.5. The third-order valence-electron chi connectivity index (χ3n) is 6.56. The quantitative estimate of drug-likeness (QED) is 0.258. The number of benzene rings is 2. The number of rotatable bonds is 8. The van der Waals surface area contributed by atoms with Crippen molar-refractivity contribution in [2.24, 2.45) is 0 Å². The molecule has 3 aromatic heterocycles. The van der Waals surface area contributed by atoms with Gasteiger partial charge in [-0.25, -0.2) is 15.0 Å². The van der Waals surface area contributed by atoms with Crippen LogP contribution in [0.3, 0.4) is 0 Å². The first-order valence-corrected chi connectivity index (χ1v) is 13.8. The standard InChI is InChI=1S/C30H28N6O2S.ClH/c37-28(34-24-10-5-4-9-23(24)29-35-25-11-6-12-32-30(25)39-29)27-20-22(38-18-17-36-15-13-31-14-16-36)19-26(33-27)21-7-2-1-3-8-21;/h1-12,19-20,31H,13-18H2,(H,34,37);1H. The number of nitrogens with zero attached hydrogens (tertiary/aromatic N) is 4. The van der Waals surface area contributed by atoms with Crippen LogP contribution in [0.5, 0.6) is 5.75 Å². The molecule has 0 spiro atoms. The van der Waals surface area contributed by atoms with Gasteiger partial charge in [0.05, 0.1) is 11.4 Å². The van der Waals surface area contributed by atoms with Crippen LogP contribution in [-0.4, -0.2) is 65.1 Å². The summed E-state index contributed by atoms with van der Waals surface area (Å²) in [6, 6.07) is 24.9. The number of carbonyl (C=O) groups is 1. The van der Waals surface area contributed by atoms with Crippen molar-refractivity contribution in [2.75, 3.05) is 44.6 Å². The maximum atomic E-state index is 13.6. The van der Waals surface area contributed by atoms with Crippen molar-refractivity contribution in [3.05, 3.63) is 90.8 Å². The number of thiazole rings is 1. The van der Waals surface area contributed by atoms with Crippen molar-refractivity contribution in [1.29, 1.82) is 0 Å². The Morgan fingerprint density at radius 3 is 2.60 bits per heavy atom. The molecule has 40 heavy (non-hydrogen) atoms. The van der Waals surface area contributed by atoms with Gasteiger partial charge in [-0.2, -0.15) is 0 Å². The van der Waals surface area contributed by atoms with Crippen molar-refractivity contribution in [3.63, 3.8) is 0 Å². The summed E-state index contributed by atoms with van der Waals surface area (Å²) in [6.45, 7) is 5.36. The second kappa shape index (κ2) is 13.0. The molecule has 4 heterocycles. The molecule has 1 aliphatic rings. The lowest BCUT2D eigenvalue weighted by Gasteiger charge is -2.26. The van der Waals surface area contributed by atoms with E-state index in [1.807, 2.05) is 72.8 Å². The van der Waals surface area contributed by atoms with Crippen LogP contribution in [-0.2, 0) is 0 Å². The highest BCUT2D eigenvalue weighted by Gasteiger charge is 2.17. The fourth-order valence-corrected chi connectivity index (χ4v) is 5.49. The van der Waals surface area contributed by atoms with Gasteiger partial charge in [0.25, 0.3) is 5.91 Å².